The lowest BCUT2D eigenvalue weighted by atomic mass is 10.0. The lowest BCUT2D eigenvalue weighted by Gasteiger charge is -2.30. The van der Waals surface area contributed by atoms with Crippen molar-refractivity contribution in [2.24, 2.45) is 5.73 Å². The second kappa shape index (κ2) is 5.82. The molecule has 1 aromatic rings. The molecule has 1 aliphatic heterocycles. The minimum atomic E-state index is 0.265. The van der Waals surface area contributed by atoms with E-state index in [-0.39, 0.29) is 11.9 Å². The SMILES string of the molecule is NC1CCN(C(=O)CCc2ccccc2)CC1. The number of carbonyl (C=O) groups excluding carboxylic acids is 1. The molecule has 3 heteroatoms. The molecule has 0 atom stereocenters. The van der Waals surface area contributed by atoms with Gasteiger partial charge in [0.05, 0.1) is 0 Å². The number of rotatable bonds is 3. The van der Waals surface area contributed by atoms with Gasteiger partial charge in [-0.25, -0.2) is 0 Å². The van der Waals surface area contributed by atoms with Crippen molar-refractivity contribution in [1.29, 1.82) is 0 Å². The van der Waals surface area contributed by atoms with E-state index in [2.05, 4.69) is 12.1 Å². The summed E-state index contributed by atoms with van der Waals surface area (Å²) in [6.45, 7) is 1.66. The minimum absolute atomic E-state index is 0.265. The summed E-state index contributed by atoms with van der Waals surface area (Å²) in [5.41, 5.74) is 7.06. The van der Waals surface area contributed by atoms with E-state index in [4.69, 9.17) is 5.73 Å². The molecule has 1 aliphatic rings. The molecule has 3 nitrogen and oxygen atoms in total. The Kier molecular flexibility index (Phi) is 4.15. The summed E-state index contributed by atoms with van der Waals surface area (Å²) < 4.78 is 0. The van der Waals surface area contributed by atoms with E-state index in [9.17, 15) is 4.79 Å². The van der Waals surface area contributed by atoms with Crippen LogP contribution in [0.15, 0.2) is 30.3 Å². The van der Waals surface area contributed by atoms with Gasteiger partial charge in [0.15, 0.2) is 0 Å². The Hall–Kier alpha value is -1.35. The fourth-order valence-corrected chi connectivity index (χ4v) is 2.20. The lowest BCUT2D eigenvalue weighted by Crippen LogP contribution is -2.42. The van der Waals surface area contributed by atoms with Crippen LogP contribution in [-0.4, -0.2) is 29.9 Å². The van der Waals surface area contributed by atoms with Gasteiger partial charge < -0.3 is 10.6 Å². The van der Waals surface area contributed by atoms with Crippen LogP contribution in [0, 0.1) is 0 Å². The number of nitrogens with two attached hydrogens (primary N) is 1. The van der Waals surface area contributed by atoms with E-state index >= 15 is 0 Å². The number of nitrogens with zero attached hydrogens (tertiary/aromatic N) is 1. The molecule has 2 N–H and O–H groups in total. The van der Waals surface area contributed by atoms with E-state index in [1.54, 1.807) is 0 Å². The first-order valence-corrected chi connectivity index (χ1v) is 6.33. The maximum absolute atomic E-state index is 12.0. The van der Waals surface area contributed by atoms with Crippen LogP contribution in [0.2, 0.25) is 0 Å². The third-order valence-electron chi connectivity index (χ3n) is 3.36. The molecule has 2 rings (SSSR count). The molecular formula is C14H20N2O. The summed E-state index contributed by atoms with van der Waals surface area (Å²) in [6.07, 6.45) is 3.33. The lowest BCUT2D eigenvalue weighted by molar-refractivity contribution is -0.132. The Morgan fingerprint density at radius 2 is 1.88 bits per heavy atom. The first-order valence-electron chi connectivity index (χ1n) is 6.33. The quantitative estimate of drug-likeness (QED) is 0.860. The fourth-order valence-electron chi connectivity index (χ4n) is 2.20. The summed E-state index contributed by atoms with van der Waals surface area (Å²) in [5.74, 6) is 0.265. The van der Waals surface area contributed by atoms with Crippen LogP contribution in [0.25, 0.3) is 0 Å². The van der Waals surface area contributed by atoms with Crippen molar-refractivity contribution in [2.45, 2.75) is 31.7 Å². The van der Waals surface area contributed by atoms with Gasteiger partial charge in [0.25, 0.3) is 0 Å². The molecule has 1 fully saturated rings. The summed E-state index contributed by atoms with van der Waals surface area (Å²) in [4.78, 5) is 13.9. The molecule has 0 aromatic heterocycles. The van der Waals surface area contributed by atoms with Crippen LogP contribution < -0.4 is 5.73 Å². The van der Waals surface area contributed by atoms with E-state index < -0.39 is 0 Å². The average Bonchev–Trinajstić information content (AvgIpc) is 2.38. The molecule has 1 aromatic carbocycles. The smallest absolute Gasteiger partial charge is 0.222 e. The number of carbonyl (C=O) groups is 1. The van der Waals surface area contributed by atoms with E-state index in [1.807, 2.05) is 23.1 Å². The van der Waals surface area contributed by atoms with Gasteiger partial charge in [-0.15, -0.1) is 0 Å². The number of amides is 1. The van der Waals surface area contributed by atoms with Crippen molar-refractivity contribution in [3.8, 4) is 0 Å². The third kappa shape index (κ3) is 3.56. The van der Waals surface area contributed by atoms with Gasteiger partial charge in [-0.1, -0.05) is 30.3 Å². The van der Waals surface area contributed by atoms with Gasteiger partial charge in [-0.2, -0.15) is 0 Å². The van der Waals surface area contributed by atoms with E-state index in [0.29, 0.717) is 6.42 Å². The number of hydrogen-bond donors (Lipinski definition) is 1. The minimum Gasteiger partial charge on any atom is -0.343 e. The van der Waals surface area contributed by atoms with Crippen molar-refractivity contribution in [2.75, 3.05) is 13.1 Å². The van der Waals surface area contributed by atoms with Crippen LogP contribution in [0.1, 0.15) is 24.8 Å². The molecule has 0 aliphatic carbocycles. The van der Waals surface area contributed by atoms with Gasteiger partial charge in [-0.05, 0) is 24.8 Å². The normalized spacial score (nSPS) is 17.1. The number of piperidine rings is 1. The number of aryl methyl sites for hydroxylation is 1. The third-order valence-corrected chi connectivity index (χ3v) is 3.36. The maximum atomic E-state index is 12.0. The molecule has 1 heterocycles. The van der Waals surface area contributed by atoms with Gasteiger partial charge in [0.2, 0.25) is 5.91 Å². The summed E-state index contributed by atoms with van der Waals surface area (Å²) in [5, 5.41) is 0. The molecule has 0 unspecified atom stereocenters. The van der Waals surface area contributed by atoms with Crippen LogP contribution in [0.3, 0.4) is 0 Å². The summed E-state index contributed by atoms with van der Waals surface area (Å²) in [6, 6.07) is 10.4. The molecule has 17 heavy (non-hydrogen) atoms. The Balaban J connectivity index is 1.78. The second-order valence-corrected chi connectivity index (χ2v) is 4.70. The first kappa shape index (κ1) is 12.1. The number of likely N-dealkylation sites (tertiary alicyclic amines) is 1. The zero-order valence-corrected chi connectivity index (χ0v) is 10.1. The monoisotopic (exact) mass is 232 g/mol. The summed E-state index contributed by atoms with van der Waals surface area (Å²) >= 11 is 0. The molecule has 0 bridgehead atoms. The summed E-state index contributed by atoms with van der Waals surface area (Å²) in [7, 11) is 0. The molecule has 0 spiro atoms. The average molecular weight is 232 g/mol. The van der Waals surface area contributed by atoms with Gasteiger partial charge in [0.1, 0.15) is 0 Å². The number of benzene rings is 1. The molecular weight excluding hydrogens is 212 g/mol. The fraction of sp³-hybridized carbons (Fsp3) is 0.500. The van der Waals surface area contributed by atoms with Crippen LogP contribution in [0.4, 0.5) is 0 Å². The van der Waals surface area contributed by atoms with Gasteiger partial charge >= 0.3 is 0 Å². The molecule has 92 valence electrons. The van der Waals surface area contributed by atoms with Gasteiger partial charge in [-0.3, -0.25) is 4.79 Å². The van der Waals surface area contributed by atoms with Crippen molar-refractivity contribution < 1.29 is 4.79 Å². The van der Waals surface area contributed by atoms with E-state index in [0.717, 1.165) is 32.4 Å². The Morgan fingerprint density at radius 1 is 1.24 bits per heavy atom. The zero-order valence-electron chi connectivity index (χ0n) is 10.1. The maximum Gasteiger partial charge on any atom is 0.222 e. The molecule has 0 saturated carbocycles. The van der Waals surface area contributed by atoms with Crippen molar-refractivity contribution in [3.05, 3.63) is 35.9 Å². The zero-order chi connectivity index (χ0) is 12.1. The largest absolute Gasteiger partial charge is 0.343 e. The Labute approximate surface area is 103 Å². The highest BCUT2D eigenvalue weighted by Gasteiger charge is 2.19. The standard InChI is InChI=1S/C14H20N2O/c15-13-8-10-16(11-9-13)14(17)7-6-12-4-2-1-3-5-12/h1-5,13H,6-11,15H2. The van der Waals surface area contributed by atoms with Gasteiger partial charge in [0, 0.05) is 25.6 Å². The van der Waals surface area contributed by atoms with Crippen molar-refractivity contribution in [3.63, 3.8) is 0 Å². The highest BCUT2D eigenvalue weighted by atomic mass is 16.2. The highest BCUT2D eigenvalue weighted by Crippen LogP contribution is 2.11. The topological polar surface area (TPSA) is 46.3 Å². The van der Waals surface area contributed by atoms with Crippen LogP contribution >= 0.6 is 0 Å². The Morgan fingerprint density at radius 3 is 2.53 bits per heavy atom. The molecule has 1 saturated heterocycles. The van der Waals surface area contributed by atoms with Crippen LogP contribution in [0.5, 0.6) is 0 Å². The van der Waals surface area contributed by atoms with Crippen molar-refractivity contribution in [1.82, 2.24) is 4.90 Å². The number of hydrogen-bond acceptors (Lipinski definition) is 2. The second-order valence-electron chi connectivity index (χ2n) is 4.70. The Bertz CT molecular complexity index is 356. The first-order chi connectivity index (χ1) is 8.25. The molecule has 1 amide bonds. The van der Waals surface area contributed by atoms with Crippen molar-refractivity contribution >= 4 is 5.91 Å². The van der Waals surface area contributed by atoms with E-state index in [1.165, 1.54) is 5.56 Å². The van der Waals surface area contributed by atoms with Crippen LogP contribution in [-0.2, 0) is 11.2 Å². The highest BCUT2D eigenvalue weighted by molar-refractivity contribution is 5.76. The molecule has 0 radical (unpaired) electrons. The predicted octanol–water partition coefficient (Wildman–Crippen LogP) is 1.57. The predicted molar refractivity (Wildman–Crippen MR) is 68.6 cm³/mol.